The van der Waals surface area contributed by atoms with Crippen LogP contribution in [0.4, 0.5) is 5.69 Å². The zero-order chi connectivity index (χ0) is 22.9. The third-order valence-electron chi connectivity index (χ3n) is 4.61. The molecule has 2 amide bonds. The number of unbranched alkanes of at least 4 members (excludes halogenated alkanes) is 1. The van der Waals surface area contributed by atoms with Crippen LogP contribution in [0.15, 0.2) is 52.0 Å². The molecule has 0 unspecified atom stereocenters. The highest BCUT2D eigenvalue weighted by atomic mass is 32.2. The van der Waals surface area contributed by atoms with Crippen molar-refractivity contribution in [3.05, 3.63) is 58.9 Å². The van der Waals surface area contributed by atoms with Crippen molar-refractivity contribution in [3.8, 4) is 0 Å². The summed E-state index contributed by atoms with van der Waals surface area (Å²) in [6.45, 7) is 2.78. The fourth-order valence-corrected chi connectivity index (χ4v) is 4.19. The molecule has 32 heavy (non-hydrogen) atoms. The first-order valence-corrected chi connectivity index (χ1v) is 11.6. The molecule has 2 aromatic rings. The Morgan fingerprint density at radius 3 is 2.69 bits per heavy atom. The Hall–Kier alpha value is -2.91. The number of carbonyl (C=O) groups is 3. The first-order chi connectivity index (χ1) is 15.5. The maximum atomic E-state index is 12.5. The third kappa shape index (κ3) is 6.54. The number of furan rings is 1. The molecule has 0 aliphatic carbocycles. The molecular formula is C23H24N2O5S2. The SMILES string of the molecule is CCCCOC(=O)c1ccc(NC(=O)CCCN2C(=O)/C(=C/c3ccco3)SC2=S)cc1. The summed E-state index contributed by atoms with van der Waals surface area (Å²) < 4.78 is 10.9. The van der Waals surface area contributed by atoms with Gasteiger partial charge < -0.3 is 14.5 Å². The summed E-state index contributed by atoms with van der Waals surface area (Å²) in [6, 6.07) is 10.1. The number of rotatable bonds is 10. The molecule has 0 radical (unpaired) electrons. The Kier molecular flexibility index (Phi) is 8.64. The van der Waals surface area contributed by atoms with Crippen LogP contribution < -0.4 is 5.32 Å². The van der Waals surface area contributed by atoms with E-state index in [1.54, 1.807) is 42.5 Å². The number of thioether (sulfide) groups is 1. The van der Waals surface area contributed by atoms with Gasteiger partial charge in [-0.3, -0.25) is 14.5 Å². The molecule has 0 atom stereocenters. The molecule has 1 aromatic heterocycles. The lowest BCUT2D eigenvalue weighted by molar-refractivity contribution is -0.122. The number of nitrogens with zero attached hydrogens (tertiary/aromatic N) is 1. The summed E-state index contributed by atoms with van der Waals surface area (Å²) in [5.41, 5.74) is 1.03. The fraction of sp³-hybridized carbons (Fsp3) is 0.304. The van der Waals surface area contributed by atoms with Gasteiger partial charge >= 0.3 is 5.97 Å². The highest BCUT2D eigenvalue weighted by Crippen LogP contribution is 2.32. The van der Waals surface area contributed by atoms with Gasteiger partial charge in [0.15, 0.2) is 0 Å². The maximum absolute atomic E-state index is 12.5. The molecule has 1 N–H and O–H groups in total. The Morgan fingerprint density at radius 1 is 1.22 bits per heavy atom. The average molecular weight is 473 g/mol. The lowest BCUT2D eigenvalue weighted by Gasteiger charge is -2.14. The van der Waals surface area contributed by atoms with Gasteiger partial charge in [0, 0.05) is 24.7 Å². The van der Waals surface area contributed by atoms with E-state index in [1.165, 1.54) is 22.9 Å². The molecule has 0 bridgehead atoms. The number of thiocarbonyl (C=S) groups is 1. The van der Waals surface area contributed by atoms with Crippen molar-refractivity contribution in [3.63, 3.8) is 0 Å². The van der Waals surface area contributed by atoms with Crippen molar-refractivity contribution in [2.24, 2.45) is 0 Å². The van der Waals surface area contributed by atoms with Crippen molar-refractivity contribution in [2.45, 2.75) is 32.6 Å². The molecular weight excluding hydrogens is 448 g/mol. The molecule has 3 rings (SSSR count). The van der Waals surface area contributed by atoms with Crippen LogP contribution in [0.25, 0.3) is 6.08 Å². The van der Waals surface area contributed by atoms with Gasteiger partial charge in [-0.2, -0.15) is 0 Å². The number of carbonyl (C=O) groups excluding carboxylic acids is 3. The summed E-state index contributed by atoms with van der Waals surface area (Å²) in [5.74, 6) is -0.149. The van der Waals surface area contributed by atoms with Gasteiger partial charge in [-0.15, -0.1) is 0 Å². The molecule has 9 heteroatoms. The lowest BCUT2D eigenvalue weighted by Crippen LogP contribution is -2.29. The predicted molar refractivity (Wildman–Crippen MR) is 128 cm³/mol. The van der Waals surface area contributed by atoms with Crippen molar-refractivity contribution in [1.82, 2.24) is 4.90 Å². The Balaban J connectivity index is 1.43. The molecule has 1 aliphatic heterocycles. The Labute approximate surface area is 196 Å². The minimum atomic E-state index is -0.374. The van der Waals surface area contributed by atoms with Gasteiger partial charge in [0.1, 0.15) is 10.1 Å². The molecule has 0 saturated carbocycles. The lowest BCUT2D eigenvalue weighted by atomic mass is 10.2. The number of amides is 2. The molecule has 7 nitrogen and oxygen atoms in total. The zero-order valence-corrected chi connectivity index (χ0v) is 19.3. The second-order valence-corrected chi connectivity index (χ2v) is 8.74. The van der Waals surface area contributed by atoms with Gasteiger partial charge in [0.05, 0.1) is 23.3 Å². The molecule has 2 heterocycles. The molecule has 1 aromatic carbocycles. The normalized spacial score (nSPS) is 14.8. The van der Waals surface area contributed by atoms with Crippen LogP contribution in [0.2, 0.25) is 0 Å². The summed E-state index contributed by atoms with van der Waals surface area (Å²) in [7, 11) is 0. The van der Waals surface area contributed by atoms with Gasteiger partial charge in [-0.05, 0) is 49.2 Å². The number of benzene rings is 1. The van der Waals surface area contributed by atoms with E-state index in [4.69, 9.17) is 21.4 Å². The van der Waals surface area contributed by atoms with Crippen molar-refractivity contribution >= 4 is 57.8 Å². The molecule has 1 fully saturated rings. The van der Waals surface area contributed by atoms with Gasteiger partial charge in [-0.25, -0.2) is 4.79 Å². The molecule has 0 spiro atoms. The standard InChI is InChI=1S/C23H24N2O5S2/c1-2-3-13-30-22(28)16-8-10-17(11-9-16)24-20(26)7-4-12-25-21(27)19(32-23(25)31)15-18-6-5-14-29-18/h5-6,8-11,14-15H,2-4,7,12-13H2,1H3,(H,24,26)/b19-15-. The van der Waals surface area contributed by atoms with E-state index < -0.39 is 0 Å². The summed E-state index contributed by atoms with van der Waals surface area (Å²) in [6.07, 6.45) is 5.68. The fourth-order valence-electron chi connectivity index (χ4n) is 2.90. The Morgan fingerprint density at radius 2 is 2.00 bits per heavy atom. The molecule has 168 valence electrons. The minimum absolute atomic E-state index is 0.181. The first-order valence-electron chi connectivity index (χ1n) is 10.3. The summed E-state index contributed by atoms with van der Waals surface area (Å²) in [4.78, 5) is 38.7. The van der Waals surface area contributed by atoms with Gasteiger partial charge in [0.2, 0.25) is 5.91 Å². The second kappa shape index (κ2) is 11.6. The van der Waals surface area contributed by atoms with Crippen LogP contribution in [0.3, 0.4) is 0 Å². The first kappa shape index (κ1) is 23.7. The van der Waals surface area contributed by atoms with Gasteiger partial charge in [-0.1, -0.05) is 37.3 Å². The number of anilines is 1. The smallest absolute Gasteiger partial charge is 0.338 e. The van der Waals surface area contributed by atoms with Crippen molar-refractivity contribution in [1.29, 1.82) is 0 Å². The van der Waals surface area contributed by atoms with Crippen LogP contribution in [-0.4, -0.2) is 40.2 Å². The Bertz CT molecular complexity index is 1000. The number of nitrogens with one attached hydrogen (secondary N) is 1. The highest BCUT2D eigenvalue weighted by molar-refractivity contribution is 8.26. The van der Waals surface area contributed by atoms with E-state index >= 15 is 0 Å². The van der Waals surface area contributed by atoms with Crippen LogP contribution in [0.5, 0.6) is 0 Å². The van der Waals surface area contributed by atoms with E-state index in [0.717, 1.165) is 12.8 Å². The quantitative estimate of drug-likeness (QED) is 0.229. The largest absolute Gasteiger partial charge is 0.465 e. The second-order valence-electron chi connectivity index (χ2n) is 7.07. The maximum Gasteiger partial charge on any atom is 0.338 e. The third-order valence-corrected chi connectivity index (χ3v) is 5.99. The van der Waals surface area contributed by atoms with E-state index in [0.29, 0.717) is 45.8 Å². The zero-order valence-electron chi connectivity index (χ0n) is 17.7. The molecule has 1 aliphatic rings. The minimum Gasteiger partial charge on any atom is -0.465 e. The topological polar surface area (TPSA) is 88.9 Å². The van der Waals surface area contributed by atoms with Gasteiger partial charge in [0.25, 0.3) is 5.91 Å². The summed E-state index contributed by atoms with van der Waals surface area (Å²) >= 11 is 6.52. The van der Waals surface area contributed by atoms with E-state index in [1.807, 2.05) is 6.92 Å². The van der Waals surface area contributed by atoms with Crippen LogP contribution >= 0.6 is 24.0 Å². The van der Waals surface area contributed by atoms with E-state index in [-0.39, 0.29) is 24.2 Å². The molecule has 1 saturated heterocycles. The van der Waals surface area contributed by atoms with Crippen LogP contribution in [0, 0.1) is 0 Å². The predicted octanol–water partition coefficient (Wildman–Crippen LogP) is 4.86. The number of hydrogen-bond donors (Lipinski definition) is 1. The van der Waals surface area contributed by atoms with Crippen molar-refractivity contribution < 1.29 is 23.5 Å². The van der Waals surface area contributed by atoms with Crippen molar-refractivity contribution in [2.75, 3.05) is 18.5 Å². The highest BCUT2D eigenvalue weighted by Gasteiger charge is 2.31. The van der Waals surface area contributed by atoms with E-state index in [9.17, 15) is 14.4 Å². The van der Waals surface area contributed by atoms with E-state index in [2.05, 4.69) is 5.32 Å². The van der Waals surface area contributed by atoms with Crippen LogP contribution in [0.1, 0.15) is 48.7 Å². The number of ether oxygens (including phenoxy) is 1. The number of esters is 1. The summed E-state index contributed by atoms with van der Waals surface area (Å²) in [5, 5.41) is 2.79. The average Bonchev–Trinajstić information content (AvgIpc) is 3.38. The number of hydrogen-bond acceptors (Lipinski definition) is 7. The monoisotopic (exact) mass is 472 g/mol. The van der Waals surface area contributed by atoms with Crippen LogP contribution in [-0.2, 0) is 14.3 Å².